The first-order valence-corrected chi connectivity index (χ1v) is 21.6. The van der Waals surface area contributed by atoms with Crippen molar-refractivity contribution in [1.29, 1.82) is 0 Å². The monoisotopic (exact) mass is 632 g/mol. The summed E-state index contributed by atoms with van der Waals surface area (Å²) < 4.78 is 32.8. The van der Waals surface area contributed by atoms with E-state index in [1.54, 1.807) is 0 Å². The van der Waals surface area contributed by atoms with E-state index >= 15 is 0 Å². The largest absolute Gasteiger partial charge is 1.00 e. The van der Waals surface area contributed by atoms with E-state index in [1.165, 1.54) is 0 Å². The van der Waals surface area contributed by atoms with Crippen molar-refractivity contribution in [3.05, 3.63) is 0 Å². The number of nitrogens with zero attached hydrogens (tertiary/aromatic N) is 1. The van der Waals surface area contributed by atoms with Crippen LogP contribution in [0.1, 0.15) is 46.0 Å². The normalized spacial score (nSPS) is 12.2. The SMILES string of the molecule is CC[Si](=O)C[Si](CCCNC(=O)CCCCC[N+](C)(C)C)(C[Si](=O)CC)O[Si](C)(C)C.[I-]. The molecule has 0 rings (SSSR count). The average Bonchev–Trinajstić information content (AvgIpc) is 2.62. The Morgan fingerprint density at radius 3 is 1.88 bits per heavy atom. The zero-order chi connectivity index (χ0) is 24.1. The third kappa shape index (κ3) is 19.0. The maximum atomic E-state index is 12.6. The van der Waals surface area contributed by atoms with Gasteiger partial charge in [-0.1, -0.05) is 13.8 Å². The molecule has 6 nitrogen and oxygen atoms in total. The molecule has 0 spiro atoms. The van der Waals surface area contributed by atoms with Crippen LogP contribution in [0.2, 0.25) is 49.1 Å². The number of unbranched alkanes of at least 4 members (excludes halogenated alkanes) is 2. The van der Waals surface area contributed by atoms with E-state index in [0.29, 0.717) is 36.4 Å². The number of amides is 1. The highest BCUT2D eigenvalue weighted by molar-refractivity contribution is 6.94. The molecular weight excluding hydrogens is 583 g/mol. The lowest BCUT2D eigenvalue weighted by Crippen LogP contribution is -3.00. The molecule has 0 aliphatic heterocycles. The van der Waals surface area contributed by atoms with Gasteiger partial charge in [-0.2, -0.15) is 0 Å². The number of rotatable bonds is 18. The number of halogens is 1. The van der Waals surface area contributed by atoms with Crippen LogP contribution in [0.25, 0.3) is 0 Å². The number of carbonyl (C=O) groups is 1. The molecule has 0 aliphatic carbocycles. The summed E-state index contributed by atoms with van der Waals surface area (Å²) in [5.41, 5.74) is 1.30. The summed E-state index contributed by atoms with van der Waals surface area (Å²) in [6, 6.07) is 2.21. The Labute approximate surface area is 219 Å². The topological polar surface area (TPSA) is 72.5 Å². The predicted octanol–water partition coefficient (Wildman–Crippen LogP) is 1.52. The molecule has 0 unspecified atom stereocenters. The standard InChI is InChI=1S/C21H48N2O4Si4.HI/c1-9-28(25)19-31(20-29(26)10-2,27-30(6,7)8)18-14-16-22-21(24)15-12-11-13-17-23(3,4)5;/h9-20H2,1-8H3;1H. The summed E-state index contributed by atoms with van der Waals surface area (Å²) in [6.07, 6.45) is 4.56. The number of quaternary nitrogens is 1. The van der Waals surface area contributed by atoms with Crippen LogP contribution in [0, 0.1) is 0 Å². The molecule has 11 heteroatoms. The molecule has 0 heterocycles. The van der Waals surface area contributed by atoms with E-state index in [4.69, 9.17) is 4.12 Å². The van der Waals surface area contributed by atoms with Crippen LogP contribution in [0.5, 0.6) is 0 Å². The molecule has 0 fully saturated rings. The Bertz CT molecular complexity index is 563. The lowest BCUT2D eigenvalue weighted by molar-refractivity contribution is -0.870. The summed E-state index contributed by atoms with van der Waals surface area (Å²) >= 11 is 0. The third-order valence-corrected chi connectivity index (χ3v) is 20.5. The zero-order valence-electron chi connectivity index (χ0n) is 21.9. The minimum absolute atomic E-state index is 0. The average molecular weight is 633 g/mol. The molecule has 0 bridgehead atoms. The molecule has 1 N–H and O–H groups in total. The van der Waals surface area contributed by atoms with Crippen molar-refractivity contribution in [3.8, 4) is 0 Å². The Hall–Kier alpha value is 0.588. The van der Waals surface area contributed by atoms with Crippen LogP contribution in [-0.4, -0.2) is 78.6 Å². The first kappa shape index (κ1) is 34.8. The molecule has 0 saturated carbocycles. The van der Waals surface area contributed by atoms with Crippen LogP contribution >= 0.6 is 0 Å². The smallest absolute Gasteiger partial charge is 0.275 e. The minimum atomic E-state index is -2.35. The van der Waals surface area contributed by atoms with Gasteiger partial charge >= 0.3 is 0 Å². The second kappa shape index (κ2) is 17.1. The molecular formula is C21H49IN2O4Si4. The molecule has 0 radical (unpaired) electrons. The molecule has 1 amide bonds. The molecule has 0 saturated heterocycles. The number of nitrogens with one attached hydrogen (secondary N) is 1. The van der Waals surface area contributed by atoms with E-state index in [0.717, 1.165) is 42.8 Å². The first-order chi connectivity index (χ1) is 14.2. The lowest BCUT2D eigenvalue weighted by atomic mass is 10.2. The van der Waals surface area contributed by atoms with Gasteiger partial charge in [0.05, 0.1) is 27.7 Å². The van der Waals surface area contributed by atoms with Gasteiger partial charge in [-0.05, 0) is 63.5 Å². The van der Waals surface area contributed by atoms with Gasteiger partial charge in [0.2, 0.25) is 5.91 Å². The van der Waals surface area contributed by atoms with Crippen molar-refractivity contribution >= 4 is 39.9 Å². The summed E-state index contributed by atoms with van der Waals surface area (Å²) in [5, 5.41) is 3.06. The molecule has 0 aromatic rings. The van der Waals surface area contributed by atoms with Crippen molar-refractivity contribution in [2.45, 2.75) is 95.1 Å². The van der Waals surface area contributed by atoms with E-state index in [1.807, 2.05) is 13.8 Å². The van der Waals surface area contributed by atoms with Gasteiger partial charge < -0.3 is 46.8 Å². The van der Waals surface area contributed by atoms with E-state index in [-0.39, 0.29) is 29.9 Å². The van der Waals surface area contributed by atoms with Gasteiger partial charge in [-0.15, -0.1) is 0 Å². The first-order valence-electron chi connectivity index (χ1n) is 12.0. The Morgan fingerprint density at radius 2 is 1.44 bits per heavy atom. The van der Waals surface area contributed by atoms with Crippen LogP contribution in [0.15, 0.2) is 0 Å². The van der Waals surface area contributed by atoms with Gasteiger partial charge in [0.25, 0.3) is 17.4 Å². The Morgan fingerprint density at radius 1 is 0.906 bits per heavy atom. The summed E-state index contributed by atoms with van der Waals surface area (Å²) in [4.78, 5) is 12.2. The van der Waals surface area contributed by atoms with Crippen molar-refractivity contribution in [1.82, 2.24) is 5.32 Å². The van der Waals surface area contributed by atoms with Crippen molar-refractivity contribution in [3.63, 3.8) is 0 Å². The maximum absolute atomic E-state index is 12.6. The van der Waals surface area contributed by atoms with Crippen molar-refractivity contribution in [2.75, 3.05) is 34.2 Å². The molecule has 190 valence electrons. The lowest BCUT2D eigenvalue weighted by Gasteiger charge is -2.37. The van der Waals surface area contributed by atoms with Crippen molar-refractivity contribution in [2.24, 2.45) is 0 Å². The quantitative estimate of drug-likeness (QED) is 0.108. The fourth-order valence-corrected chi connectivity index (χ4v) is 22.8. The van der Waals surface area contributed by atoms with Crippen molar-refractivity contribution < 1.29 is 46.3 Å². The second-order valence-electron chi connectivity index (χ2n) is 10.8. The fraction of sp³-hybridized carbons (Fsp3) is 0.952. The molecule has 0 aromatic carbocycles. The second-order valence-corrected chi connectivity index (χ2v) is 25.1. The Balaban J connectivity index is 0. The van der Waals surface area contributed by atoms with Crippen LogP contribution in [0.4, 0.5) is 0 Å². The number of hydrogen-bond acceptors (Lipinski definition) is 4. The summed E-state index contributed by atoms with van der Waals surface area (Å²) in [5.74, 6) is 0.118. The minimum Gasteiger partial charge on any atom is -1.00 e. The van der Waals surface area contributed by atoms with Crippen LogP contribution in [-0.2, 0) is 17.8 Å². The molecule has 0 aliphatic rings. The number of carbonyl (C=O) groups excluding carboxylic acids is 1. The fourth-order valence-electron chi connectivity index (χ4n) is 3.76. The highest BCUT2D eigenvalue weighted by atomic mass is 127. The molecule has 32 heavy (non-hydrogen) atoms. The molecule has 0 atom stereocenters. The summed E-state index contributed by atoms with van der Waals surface area (Å²) in [6.45, 7) is 12.2. The highest BCUT2D eigenvalue weighted by Crippen LogP contribution is 2.29. The van der Waals surface area contributed by atoms with Gasteiger partial charge in [-0.3, -0.25) is 4.79 Å². The van der Waals surface area contributed by atoms with Gasteiger partial charge in [0, 0.05) is 24.3 Å². The number of hydrogen-bond donors (Lipinski definition) is 1. The van der Waals surface area contributed by atoms with Gasteiger partial charge in [-0.25, -0.2) is 0 Å². The zero-order valence-corrected chi connectivity index (χ0v) is 28.1. The van der Waals surface area contributed by atoms with Gasteiger partial charge in [0.1, 0.15) is 0 Å². The molecule has 0 aromatic heterocycles. The van der Waals surface area contributed by atoms with E-state index in [9.17, 15) is 13.7 Å². The highest BCUT2D eigenvalue weighted by Gasteiger charge is 2.42. The predicted molar refractivity (Wildman–Crippen MR) is 137 cm³/mol. The van der Waals surface area contributed by atoms with E-state index in [2.05, 4.69) is 46.1 Å². The third-order valence-electron chi connectivity index (χ3n) is 5.21. The van der Waals surface area contributed by atoms with Crippen LogP contribution in [0.3, 0.4) is 0 Å². The maximum Gasteiger partial charge on any atom is 0.275 e. The van der Waals surface area contributed by atoms with E-state index < -0.39 is 34.0 Å². The van der Waals surface area contributed by atoms with Crippen LogP contribution < -0.4 is 29.3 Å². The summed E-state index contributed by atoms with van der Waals surface area (Å²) in [7, 11) is -1.01. The Kier molecular flexibility index (Phi) is 18.6. The van der Waals surface area contributed by atoms with Gasteiger partial charge in [0.15, 0.2) is 16.6 Å².